The van der Waals surface area contributed by atoms with E-state index in [-0.39, 0.29) is 17.7 Å². The first kappa shape index (κ1) is 22.5. The van der Waals surface area contributed by atoms with Gasteiger partial charge in [0.25, 0.3) is 0 Å². The van der Waals surface area contributed by atoms with Crippen molar-refractivity contribution in [1.29, 1.82) is 0 Å². The zero-order chi connectivity index (χ0) is 23.8. The quantitative estimate of drug-likeness (QED) is 0.519. The van der Waals surface area contributed by atoms with Gasteiger partial charge in [0.05, 0.1) is 6.04 Å². The van der Waals surface area contributed by atoms with Gasteiger partial charge in [0.15, 0.2) is 6.61 Å². The molecule has 5 rings (SSSR count). The zero-order valence-corrected chi connectivity index (χ0v) is 19.7. The van der Waals surface area contributed by atoms with Gasteiger partial charge >= 0.3 is 5.97 Å². The summed E-state index contributed by atoms with van der Waals surface area (Å²) in [5.41, 5.74) is 5.36. The Labute approximate surface area is 203 Å². The lowest BCUT2D eigenvalue weighted by Gasteiger charge is -2.38. The molecule has 1 heterocycles. The summed E-state index contributed by atoms with van der Waals surface area (Å²) < 4.78 is 5.64. The molecule has 1 fully saturated rings. The van der Waals surface area contributed by atoms with Gasteiger partial charge in [-0.2, -0.15) is 0 Å². The van der Waals surface area contributed by atoms with Gasteiger partial charge in [0.1, 0.15) is 5.75 Å². The van der Waals surface area contributed by atoms with Crippen LogP contribution in [0.15, 0.2) is 66.7 Å². The van der Waals surface area contributed by atoms with Crippen LogP contribution in [-0.2, 0) is 16.0 Å². The number of carboxylic acids is 1. The van der Waals surface area contributed by atoms with Gasteiger partial charge in [-0.15, -0.1) is 0 Å². The van der Waals surface area contributed by atoms with Crippen molar-refractivity contribution in [2.75, 3.05) is 13.2 Å². The molecule has 3 atom stereocenters. The molecule has 174 valence electrons. The fourth-order valence-corrected chi connectivity index (χ4v) is 5.35. The van der Waals surface area contributed by atoms with Crippen LogP contribution in [0.3, 0.4) is 0 Å². The van der Waals surface area contributed by atoms with E-state index in [1.165, 1.54) is 16.7 Å². The van der Waals surface area contributed by atoms with Crippen LogP contribution in [0, 0.1) is 12.8 Å². The molecule has 6 heteroatoms. The monoisotopic (exact) mass is 475 g/mol. The average molecular weight is 476 g/mol. The first-order valence-corrected chi connectivity index (χ1v) is 11.9. The second-order valence-corrected chi connectivity index (χ2v) is 9.49. The number of hydrogen-bond donors (Lipinski definition) is 1. The topological polar surface area (TPSA) is 66.8 Å². The van der Waals surface area contributed by atoms with Crippen molar-refractivity contribution in [1.82, 2.24) is 4.90 Å². The molecule has 1 amide bonds. The summed E-state index contributed by atoms with van der Waals surface area (Å²) in [5, 5.41) is 9.67. The molecular formula is C28H26ClNO4. The van der Waals surface area contributed by atoms with Gasteiger partial charge in [-0.1, -0.05) is 60.1 Å². The number of aliphatic carboxylic acids is 1. The highest BCUT2D eigenvalue weighted by molar-refractivity contribution is 6.30. The predicted molar refractivity (Wildman–Crippen MR) is 130 cm³/mol. The molecule has 2 aliphatic rings. The lowest BCUT2D eigenvalue weighted by Crippen LogP contribution is -2.41. The van der Waals surface area contributed by atoms with Crippen molar-refractivity contribution in [2.24, 2.45) is 5.92 Å². The Morgan fingerprint density at radius 3 is 2.53 bits per heavy atom. The Morgan fingerprint density at radius 2 is 1.76 bits per heavy atom. The average Bonchev–Trinajstić information content (AvgIpc) is 3.63. The highest BCUT2D eigenvalue weighted by Gasteiger charge is 2.48. The number of ether oxygens (including phenoxy) is 1. The van der Waals surface area contributed by atoms with Crippen molar-refractivity contribution in [2.45, 2.75) is 31.7 Å². The van der Waals surface area contributed by atoms with Crippen molar-refractivity contribution in [3.05, 3.63) is 99.6 Å². The number of halogens is 1. The molecule has 34 heavy (non-hydrogen) atoms. The molecule has 0 bridgehead atoms. The van der Waals surface area contributed by atoms with Crippen molar-refractivity contribution < 1.29 is 19.4 Å². The van der Waals surface area contributed by atoms with Crippen LogP contribution >= 0.6 is 11.6 Å². The fourth-order valence-electron chi connectivity index (χ4n) is 5.17. The van der Waals surface area contributed by atoms with Crippen LogP contribution in [0.4, 0.5) is 0 Å². The SMILES string of the molecule is Cc1ccccc1C1CC1C(=O)N1CCc2ccccc2[C@H]1c1cc(Cl)ccc1OCC(=O)O. The third-order valence-electron chi connectivity index (χ3n) is 6.88. The maximum atomic E-state index is 13.9. The summed E-state index contributed by atoms with van der Waals surface area (Å²) in [6.45, 7) is 2.21. The molecule has 3 aromatic rings. The molecule has 1 aliphatic heterocycles. The van der Waals surface area contributed by atoms with Crippen LogP contribution < -0.4 is 4.74 Å². The molecular weight excluding hydrogens is 450 g/mol. The van der Waals surface area contributed by atoms with Crippen LogP contribution in [0.2, 0.25) is 5.02 Å². The lowest BCUT2D eigenvalue weighted by atomic mass is 9.87. The number of carboxylic acid groups (broad SMARTS) is 1. The number of carbonyl (C=O) groups excluding carboxylic acids is 1. The standard InChI is InChI=1S/C28H26ClNO4/c1-17-6-2-4-8-20(17)22-15-23(22)28(33)30-13-12-18-7-3-5-9-21(18)27(30)24-14-19(29)10-11-25(24)34-16-26(31)32/h2-11,14,22-23,27H,12-13,15-16H2,1H3,(H,31,32)/t22?,23?,27-/m0/s1. The van der Waals surface area contributed by atoms with Crippen LogP contribution in [0.5, 0.6) is 5.75 Å². The molecule has 0 saturated heterocycles. The normalized spacial score (nSPS) is 21.0. The first-order chi connectivity index (χ1) is 16.4. The number of amides is 1. The van der Waals surface area contributed by atoms with Crippen LogP contribution in [-0.4, -0.2) is 35.0 Å². The number of aryl methyl sites for hydroxylation is 1. The second kappa shape index (κ2) is 9.15. The first-order valence-electron chi connectivity index (χ1n) is 11.5. The highest BCUT2D eigenvalue weighted by atomic mass is 35.5. The summed E-state index contributed by atoms with van der Waals surface area (Å²) in [6, 6.07) is 21.1. The number of benzene rings is 3. The van der Waals surface area contributed by atoms with Crippen molar-refractivity contribution >= 4 is 23.5 Å². The van der Waals surface area contributed by atoms with Gasteiger partial charge in [-0.3, -0.25) is 4.79 Å². The smallest absolute Gasteiger partial charge is 0.341 e. The highest BCUT2D eigenvalue weighted by Crippen LogP contribution is 2.51. The molecule has 1 N–H and O–H groups in total. The molecule has 3 aromatic carbocycles. The molecule has 0 radical (unpaired) electrons. The maximum Gasteiger partial charge on any atom is 0.341 e. The fraction of sp³-hybridized carbons (Fsp3) is 0.286. The van der Waals surface area contributed by atoms with E-state index in [0.717, 1.165) is 18.4 Å². The molecule has 0 spiro atoms. The van der Waals surface area contributed by atoms with Crippen LogP contribution in [0.1, 0.15) is 46.2 Å². The third kappa shape index (κ3) is 4.28. The minimum Gasteiger partial charge on any atom is -0.482 e. The second-order valence-electron chi connectivity index (χ2n) is 9.05. The molecule has 0 aromatic heterocycles. The summed E-state index contributed by atoms with van der Waals surface area (Å²) >= 11 is 6.37. The van der Waals surface area contributed by atoms with Gasteiger partial charge in [-0.05, 0) is 66.1 Å². The largest absolute Gasteiger partial charge is 0.482 e. The van der Waals surface area contributed by atoms with Gasteiger partial charge in [-0.25, -0.2) is 4.79 Å². The number of hydrogen-bond acceptors (Lipinski definition) is 3. The van der Waals surface area contributed by atoms with Gasteiger partial charge < -0.3 is 14.7 Å². The third-order valence-corrected chi connectivity index (χ3v) is 7.11. The van der Waals surface area contributed by atoms with E-state index in [9.17, 15) is 9.59 Å². The summed E-state index contributed by atoms with van der Waals surface area (Å²) in [6.07, 6.45) is 1.61. The number of fused-ring (bicyclic) bond motifs is 1. The number of nitrogens with zero attached hydrogens (tertiary/aromatic N) is 1. The summed E-state index contributed by atoms with van der Waals surface area (Å²) in [5.74, 6) is -0.337. The Kier molecular flexibility index (Phi) is 6.05. The van der Waals surface area contributed by atoms with E-state index < -0.39 is 18.6 Å². The summed E-state index contributed by atoms with van der Waals surface area (Å²) in [4.78, 5) is 27.0. The molecule has 1 aliphatic carbocycles. The van der Waals surface area contributed by atoms with Crippen LogP contribution in [0.25, 0.3) is 0 Å². The Balaban J connectivity index is 1.52. The maximum absolute atomic E-state index is 13.9. The minimum absolute atomic E-state index is 0.0589. The van der Waals surface area contributed by atoms with E-state index in [1.54, 1.807) is 18.2 Å². The van der Waals surface area contributed by atoms with Gasteiger partial charge in [0, 0.05) is 23.0 Å². The van der Waals surface area contributed by atoms with E-state index in [0.29, 0.717) is 22.9 Å². The Bertz CT molecular complexity index is 1260. The van der Waals surface area contributed by atoms with E-state index in [4.69, 9.17) is 21.4 Å². The van der Waals surface area contributed by atoms with Gasteiger partial charge in [0.2, 0.25) is 5.91 Å². The molecule has 2 unspecified atom stereocenters. The molecule has 5 nitrogen and oxygen atoms in total. The number of rotatable bonds is 6. The van der Waals surface area contributed by atoms with E-state index in [2.05, 4.69) is 25.1 Å². The Morgan fingerprint density at radius 1 is 1.03 bits per heavy atom. The predicted octanol–water partition coefficient (Wildman–Crippen LogP) is 5.39. The van der Waals surface area contributed by atoms with E-state index in [1.807, 2.05) is 35.2 Å². The summed E-state index contributed by atoms with van der Waals surface area (Å²) in [7, 11) is 0. The van der Waals surface area contributed by atoms with Crippen molar-refractivity contribution in [3.63, 3.8) is 0 Å². The lowest BCUT2D eigenvalue weighted by molar-refractivity contribution is -0.139. The minimum atomic E-state index is -1.06. The Hall–Kier alpha value is -3.31. The molecule has 1 saturated carbocycles. The van der Waals surface area contributed by atoms with E-state index >= 15 is 0 Å². The van der Waals surface area contributed by atoms with Crippen molar-refractivity contribution in [3.8, 4) is 5.75 Å². The zero-order valence-electron chi connectivity index (χ0n) is 18.9. The number of carbonyl (C=O) groups is 2.